The molecule has 3 N–H and O–H groups in total. The molecule has 138 valence electrons. The maximum Gasteiger partial charge on any atom is 0.264 e. The maximum atomic E-state index is 12.5. The molecule has 0 aliphatic carbocycles. The van der Waals surface area contributed by atoms with Crippen LogP contribution in [0.15, 0.2) is 48.5 Å². The van der Waals surface area contributed by atoms with Crippen LogP contribution in [0.25, 0.3) is 0 Å². The van der Waals surface area contributed by atoms with E-state index in [0.717, 1.165) is 5.56 Å². The highest BCUT2D eigenvalue weighted by Crippen LogP contribution is 2.34. The van der Waals surface area contributed by atoms with Crippen molar-refractivity contribution >= 4 is 35.6 Å². The van der Waals surface area contributed by atoms with E-state index in [0.29, 0.717) is 17.1 Å². The first-order valence-electron chi connectivity index (χ1n) is 8.12. The molecule has 1 aliphatic rings. The second-order valence-electron chi connectivity index (χ2n) is 6.14. The predicted molar refractivity (Wildman–Crippen MR) is 104 cm³/mol. The Labute approximate surface area is 158 Å². The van der Waals surface area contributed by atoms with Gasteiger partial charge in [0.2, 0.25) is 5.91 Å². The molecule has 7 heteroatoms. The summed E-state index contributed by atoms with van der Waals surface area (Å²) in [6.45, 7) is 1.82. The van der Waals surface area contributed by atoms with Gasteiger partial charge in [-0.05, 0) is 23.8 Å². The lowest BCUT2D eigenvalue weighted by molar-refractivity contribution is -0.121. The molecule has 0 saturated carbocycles. The quantitative estimate of drug-likeness (QED) is 0.860. The number of rotatable bonds is 4. The van der Waals surface area contributed by atoms with Gasteiger partial charge < -0.3 is 20.7 Å². The minimum absolute atomic E-state index is 0. The summed E-state index contributed by atoms with van der Waals surface area (Å²) in [6.07, 6.45) is 0. The first-order valence-corrected chi connectivity index (χ1v) is 8.12. The van der Waals surface area contributed by atoms with Crippen LogP contribution in [0.5, 0.6) is 5.75 Å². The second-order valence-corrected chi connectivity index (χ2v) is 6.14. The fourth-order valence-electron chi connectivity index (χ4n) is 2.73. The van der Waals surface area contributed by atoms with E-state index in [1.54, 1.807) is 32.2 Å². The van der Waals surface area contributed by atoms with E-state index in [4.69, 9.17) is 10.5 Å². The van der Waals surface area contributed by atoms with E-state index < -0.39 is 12.0 Å². The topological polar surface area (TPSA) is 84.7 Å². The van der Waals surface area contributed by atoms with Gasteiger partial charge in [-0.1, -0.05) is 37.3 Å². The third-order valence-electron chi connectivity index (χ3n) is 4.45. The summed E-state index contributed by atoms with van der Waals surface area (Å²) in [7, 11) is 1.68. The zero-order valence-electron chi connectivity index (χ0n) is 14.6. The summed E-state index contributed by atoms with van der Waals surface area (Å²) >= 11 is 0. The van der Waals surface area contributed by atoms with Gasteiger partial charge in [0.15, 0.2) is 6.61 Å². The lowest BCUT2D eigenvalue weighted by atomic mass is 9.94. The second kappa shape index (κ2) is 8.21. The van der Waals surface area contributed by atoms with Crippen molar-refractivity contribution in [3.63, 3.8) is 0 Å². The maximum absolute atomic E-state index is 12.5. The molecule has 2 unspecified atom stereocenters. The van der Waals surface area contributed by atoms with Crippen LogP contribution in [0.1, 0.15) is 18.5 Å². The average Bonchev–Trinajstić information content (AvgIpc) is 2.64. The van der Waals surface area contributed by atoms with Gasteiger partial charge in [-0.2, -0.15) is 0 Å². The summed E-state index contributed by atoms with van der Waals surface area (Å²) in [5.41, 5.74) is 8.35. The number of nitrogens with zero attached hydrogens (tertiary/aromatic N) is 1. The van der Waals surface area contributed by atoms with Crippen LogP contribution >= 0.6 is 12.4 Å². The van der Waals surface area contributed by atoms with E-state index in [9.17, 15) is 9.59 Å². The normalized spacial score (nSPS) is 15.2. The van der Waals surface area contributed by atoms with Gasteiger partial charge in [0.25, 0.3) is 5.91 Å². The van der Waals surface area contributed by atoms with Crippen LogP contribution in [0.4, 0.5) is 11.4 Å². The summed E-state index contributed by atoms with van der Waals surface area (Å²) in [4.78, 5) is 25.8. The molecule has 0 fully saturated rings. The minimum Gasteiger partial charge on any atom is -0.482 e. The Morgan fingerprint density at radius 1 is 1.23 bits per heavy atom. The van der Waals surface area contributed by atoms with E-state index in [1.807, 2.05) is 30.3 Å². The highest BCUT2D eigenvalue weighted by Gasteiger charge is 2.25. The largest absolute Gasteiger partial charge is 0.482 e. The lowest BCUT2D eigenvalue weighted by Crippen LogP contribution is -2.35. The molecule has 2 amide bonds. The Kier molecular flexibility index (Phi) is 6.23. The van der Waals surface area contributed by atoms with Crippen LogP contribution in [0, 0.1) is 5.92 Å². The first-order chi connectivity index (χ1) is 12.0. The van der Waals surface area contributed by atoms with Crippen molar-refractivity contribution in [1.82, 2.24) is 0 Å². The molecule has 0 bridgehead atoms. The number of hydrogen-bond donors (Lipinski definition) is 2. The van der Waals surface area contributed by atoms with Crippen molar-refractivity contribution in [2.24, 2.45) is 11.7 Å². The summed E-state index contributed by atoms with van der Waals surface area (Å²) < 4.78 is 5.39. The highest BCUT2D eigenvalue weighted by molar-refractivity contribution is 5.99. The van der Waals surface area contributed by atoms with Crippen molar-refractivity contribution in [3.8, 4) is 5.75 Å². The molecule has 0 aromatic heterocycles. The summed E-state index contributed by atoms with van der Waals surface area (Å²) in [6, 6.07) is 14.4. The Morgan fingerprint density at radius 2 is 1.92 bits per heavy atom. The van der Waals surface area contributed by atoms with Crippen molar-refractivity contribution in [1.29, 1.82) is 0 Å². The predicted octanol–water partition coefficient (Wildman–Crippen LogP) is 2.74. The summed E-state index contributed by atoms with van der Waals surface area (Å²) in [5, 5.41) is 2.87. The number of carbonyl (C=O) groups excluding carboxylic acids is 2. The number of nitrogens with two attached hydrogens (primary N) is 1. The number of halogens is 1. The van der Waals surface area contributed by atoms with Gasteiger partial charge in [-0.15, -0.1) is 12.4 Å². The zero-order chi connectivity index (χ0) is 18.0. The van der Waals surface area contributed by atoms with Gasteiger partial charge in [0.1, 0.15) is 5.75 Å². The number of likely N-dealkylation sites (N-methyl/N-ethyl adjacent to an activating group) is 1. The van der Waals surface area contributed by atoms with Crippen LogP contribution in [0.2, 0.25) is 0 Å². The van der Waals surface area contributed by atoms with Crippen LogP contribution in [0.3, 0.4) is 0 Å². The Morgan fingerprint density at radius 3 is 2.62 bits per heavy atom. The number of carbonyl (C=O) groups is 2. The first kappa shape index (κ1) is 19.8. The van der Waals surface area contributed by atoms with Crippen molar-refractivity contribution < 1.29 is 14.3 Å². The third-order valence-corrected chi connectivity index (χ3v) is 4.45. The SMILES string of the molecule is CC(C(=O)Nc1ccc2c(c1)N(C)C(=O)CO2)C(N)c1ccccc1.Cl. The molecule has 2 aromatic rings. The van der Waals surface area contributed by atoms with Crippen LogP contribution in [-0.2, 0) is 9.59 Å². The number of fused-ring (bicyclic) bond motifs is 1. The molecule has 1 heterocycles. The monoisotopic (exact) mass is 375 g/mol. The molecule has 2 atom stereocenters. The van der Waals surface area contributed by atoms with Crippen LogP contribution < -0.4 is 20.7 Å². The number of ether oxygens (including phenoxy) is 1. The molecular weight excluding hydrogens is 354 g/mol. The number of amides is 2. The molecule has 3 rings (SSSR count). The Hall–Kier alpha value is -2.57. The average molecular weight is 376 g/mol. The number of benzene rings is 2. The van der Waals surface area contributed by atoms with E-state index in [1.165, 1.54) is 4.90 Å². The molecular formula is C19H22ClN3O3. The molecule has 1 aliphatic heterocycles. The molecule has 6 nitrogen and oxygen atoms in total. The van der Waals surface area contributed by atoms with E-state index in [2.05, 4.69) is 5.32 Å². The molecule has 2 aromatic carbocycles. The smallest absolute Gasteiger partial charge is 0.264 e. The van der Waals surface area contributed by atoms with E-state index >= 15 is 0 Å². The summed E-state index contributed by atoms with van der Waals surface area (Å²) in [5.74, 6) is -0.0966. The Balaban J connectivity index is 0.00000243. The molecule has 0 spiro atoms. The van der Waals surface area contributed by atoms with Crippen molar-refractivity contribution in [2.75, 3.05) is 23.9 Å². The van der Waals surface area contributed by atoms with E-state index in [-0.39, 0.29) is 30.8 Å². The third kappa shape index (κ3) is 3.98. The number of hydrogen-bond acceptors (Lipinski definition) is 4. The molecule has 26 heavy (non-hydrogen) atoms. The number of nitrogens with one attached hydrogen (secondary N) is 1. The van der Waals surface area contributed by atoms with Gasteiger partial charge in [0, 0.05) is 18.8 Å². The molecule has 0 radical (unpaired) electrons. The van der Waals surface area contributed by atoms with Gasteiger partial charge >= 0.3 is 0 Å². The number of anilines is 2. The van der Waals surface area contributed by atoms with Gasteiger partial charge in [-0.25, -0.2) is 0 Å². The fourth-order valence-corrected chi connectivity index (χ4v) is 2.73. The lowest BCUT2D eigenvalue weighted by Gasteiger charge is -2.26. The van der Waals surface area contributed by atoms with Gasteiger partial charge in [0.05, 0.1) is 11.6 Å². The van der Waals surface area contributed by atoms with Crippen LogP contribution in [-0.4, -0.2) is 25.5 Å². The van der Waals surface area contributed by atoms with Gasteiger partial charge in [-0.3, -0.25) is 9.59 Å². The minimum atomic E-state index is -0.408. The molecule has 0 saturated heterocycles. The standard InChI is InChI=1S/C19H21N3O3.ClH/c1-12(18(20)13-6-4-3-5-7-13)19(24)21-14-8-9-16-15(10-14)22(2)17(23)11-25-16;/h3-10,12,18H,11,20H2,1-2H3,(H,21,24);1H. The fraction of sp³-hybridized carbons (Fsp3) is 0.263. The van der Waals surface area contributed by atoms with Crippen molar-refractivity contribution in [3.05, 3.63) is 54.1 Å². The Bertz CT molecular complexity index is 798. The highest BCUT2D eigenvalue weighted by atomic mass is 35.5. The van der Waals surface area contributed by atoms with Crippen molar-refractivity contribution in [2.45, 2.75) is 13.0 Å². The zero-order valence-corrected chi connectivity index (χ0v) is 15.5.